The first-order valence-electron chi connectivity index (χ1n) is 13.0. The van der Waals surface area contributed by atoms with E-state index in [1.54, 1.807) is 91.0 Å². The minimum atomic E-state index is -1.80. The topological polar surface area (TPSA) is 149 Å². The molecular formula is C31H27N3O8. The zero-order valence-electron chi connectivity index (χ0n) is 22.5. The van der Waals surface area contributed by atoms with Crippen molar-refractivity contribution in [3.05, 3.63) is 130 Å². The van der Waals surface area contributed by atoms with Crippen LogP contribution in [-0.2, 0) is 18.9 Å². The van der Waals surface area contributed by atoms with Crippen LogP contribution in [0.3, 0.4) is 0 Å². The number of rotatable bonds is 8. The molecule has 0 amide bonds. The molecule has 4 aromatic rings. The van der Waals surface area contributed by atoms with Crippen LogP contribution in [0.4, 0.5) is 5.82 Å². The van der Waals surface area contributed by atoms with Gasteiger partial charge < -0.3 is 24.7 Å². The lowest BCUT2D eigenvalue weighted by molar-refractivity contribution is -0.111. The molecule has 11 nitrogen and oxygen atoms in total. The number of hydrogen-bond donors (Lipinski definition) is 1. The van der Waals surface area contributed by atoms with Gasteiger partial charge in [-0.3, -0.25) is 4.57 Å². The third kappa shape index (κ3) is 5.91. The highest BCUT2D eigenvalue weighted by atomic mass is 16.7. The maximum absolute atomic E-state index is 13.4. The lowest BCUT2D eigenvalue weighted by atomic mass is 9.95. The SMILES string of the molecule is CC1(OC(=O)c2ccccc2)[C@H](OC(=O)c2ccccc2)[C@@H](COC(=O)c2ccccc2)O[C@H]1n1ccc(N)nc1=O. The number of nitrogens with zero attached hydrogens (tertiary/aromatic N) is 2. The zero-order valence-corrected chi connectivity index (χ0v) is 22.5. The van der Waals surface area contributed by atoms with E-state index in [4.69, 9.17) is 24.7 Å². The molecule has 2 heterocycles. The molecule has 1 aliphatic heterocycles. The Morgan fingerprint density at radius 1 is 0.833 bits per heavy atom. The monoisotopic (exact) mass is 569 g/mol. The Kier molecular flexibility index (Phi) is 8.12. The summed E-state index contributed by atoms with van der Waals surface area (Å²) in [4.78, 5) is 56.1. The normalized spacial score (nSPS) is 21.3. The van der Waals surface area contributed by atoms with Gasteiger partial charge in [-0.25, -0.2) is 19.2 Å². The second-order valence-electron chi connectivity index (χ2n) is 9.66. The molecule has 0 saturated carbocycles. The predicted molar refractivity (Wildman–Crippen MR) is 149 cm³/mol. The minimum Gasteiger partial charge on any atom is -0.459 e. The van der Waals surface area contributed by atoms with Crippen LogP contribution in [0.15, 0.2) is 108 Å². The highest BCUT2D eigenvalue weighted by molar-refractivity contribution is 5.91. The molecule has 3 aromatic carbocycles. The van der Waals surface area contributed by atoms with Crippen LogP contribution in [0.1, 0.15) is 44.2 Å². The van der Waals surface area contributed by atoms with E-state index in [0.717, 1.165) is 4.57 Å². The van der Waals surface area contributed by atoms with Gasteiger partial charge in [0.05, 0.1) is 16.7 Å². The van der Waals surface area contributed by atoms with Crippen molar-refractivity contribution in [2.45, 2.75) is 31.0 Å². The Bertz CT molecular complexity index is 1630. The second kappa shape index (κ2) is 12.1. The fraction of sp³-hybridized carbons (Fsp3) is 0.194. The molecule has 5 rings (SSSR count). The Labute approximate surface area is 240 Å². The molecule has 2 N–H and O–H groups in total. The summed E-state index contributed by atoms with van der Waals surface area (Å²) >= 11 is 0. The number of ether oxygens (including phenoxy) is 4. The number of aromatic nitrogens is 2. The van der Waals surface area contributed by atoms with E-state index < -0.39 is 54.2 Å². The molecule has 1 aliphatic rings. The fourth-order valence-electron chi connectivity index (χ4n) is 4.66. The van der Waals surface area contributed by atoms with Gasteiger partial charge in [0, 0.05) is 6.20 Å². The maximum Gasteiger partial charge on any atom is 0.351 e. The van der Waals surface area contributed by atoms with Crippen LogP contribution in [0, 0.1) is 0 Å². The quantitative estimate of drug-likeness (QED) is 0.247. The van der Waals surface area contributed by atoms with Crippen LogP contribution in [0.5, 0.6) is 0 Å². The third-order valence-corrected chi connectivity index (χ3v) is 6.75. The molecule has 0 radical (unpaired) electrons. The molecule has 0 aliphatic carbocycles. The van der Waals surface area contributed by atoms with Gasteiger partial charge in [0.2, 0.25) is 0 Å². The molecule has 1 unspecified atom stereocenters. The summed E-state index contributed by atoms with van der Waals surface area (Å²) in [6.07, 6.45) is -2.51. The number of hydrogen-bond acceptors (Lipinski definition) is 10. The van der Waals surface area contributed by atoms with Crippen molar-refractivity contribution < 1.29 is 33.3 Å². The van der Waals surface area contributed by atoms with Crippen molar-refractivity contribution in [1.29, 1.82) is 0 Å². The van der Waals surface area contributed by atoms with Crippen molar-refractivity contribution in [2.24, 2.45) is 0 Å². The molecule has 1 fully saturated rings. The van der Waals surface area contributed by atoms with E-state index >= 15 is 0 Å². The Morgan fingerprint density at radius 2 is 1.36 bits per heavy atom. The van der Waals surface area contributed by atoms with Gasteiger partial charge >= 0.3 is 23.6 Å². The molecule has 1 aromatic heterocycles. The summed E-state index contributed by atoms with van der Waals surface area (Å²) in [5.41, 5.74) is 3.83. The molecule has 0 spiro atoms. The van der Waals surface area contributed by atoms with Gasteiger partial charge in [0.15, 0.2) is 17.9 Å². The number of carbonyl (C=O) groups is 3. The summed E-state index contributed by atoms with van der Waals surface area (Å²) in [6, 6.07) is 26.0. The van der Waals surface area contributed by atoms with E-state index in [-0.39, 0.29) is 16.9 Å². The number of nitrogens with two attached hydrogens (primary N) is 1. The summed E-state index contributed by atoms with van der Waals surface area (Å²) < 4.78 is 24.7. The Morgan fingerprint density at radius 3 is 1.90 bits per heavy atom. The molecule has 214 valence electrons. The fourth-order valence-corrected chi connectivity index (χ4v) is 4.66. The Balaban J connectivity index is 1.54. The summed E-state index contributed by atoms with van der Waals surface area (Å²) in [7, 11) is 0. The minimum absolute atomic E-state index is 0.0300. The van der Waals surface area contributed by atoms with Crippen molar-refractivity contribution in [3.8, 4) is 0 Å². The van der Waals surface area contributed by atoms with Crippen LogP contribution in [0.25, 0.3) is 0 Å². The summed E-state index contributed by atoms with van der Waals surface area (Å²) in [5.74, 6) is -2.18. The number of anilines is 1. The van der Waals surface area contributed by atoms with Crippen molar-refractivity contribution >= 4 is 23.7 Å². The van der Waals surface area contributed by atoms with Crippen LogP contribution in [-0.4, -0.2) is 51.9 Å². The van der Waals surface area contributed by atoms with Crippen molar-refractivity contribution in [3.63, 3.8) is 0 Å². The molecule has 11 heteroatoms. The Hall–Kier alpha value is -5.29. The first-order chi connectivity index (χ1) is 20.3. The average molecular weight is 570 g/mol. The van der Waals surface area contributed by atoms with Crippen LogP contribution >= 0.6 is 0 Å². The average Bonchev–Trinajstić information content (AvgIpc) is 3.27. The molecule has 0 bridgehead atoms. The smallest absolute Gasteiger partial charge is 0.351 e. The van der Waals surface area contributed by atoms with Crippen molar-refractivity contribution in [2.75, 3.05) is 12.3 Å². The van der Waals surface area contributed by atoms with E-state index in [1.807, 2.05) is 0 Å². The van der Waals surface area contributed by atoms with Gasteiger partial charge in [-0.15, -0.1) is 0 Å². The van der Waals surface area contributed by atoms with E-state index in [1.165, 1.54) is 19.2 Å². The summed E-state index contributed by atoms with van der Waals surface area (Å²) in [5, 5.41) is 0. The molecule has 4 atom stereocenters. The second-order valence-corrected chi connectivity index (χ2v) is 9.66. The van der Waals surface area contributed by atoms with Gasteiger partial charge in [-0.2, -0.15) is 4.98 Å². The van der Waals surface area contributed by atoms with Crippen LogP contribution < -0.4 is 11.4 Å². The highest BCUT2D eigenvalue weighted by Crippen LogP contribution is 2.43. The lowest BCUT2D eigenvalue weighted by Crippen LogP contribution is -2.51. The van der Waals surface area contributed by atoms with Gasteiger partial charge in [-0.1, -0.05) is 54.6 Å². The van der Waals surface area contributed by atoms with E-state index in [2.05, 4.69) is 4.98 Å². The standard InChI is InChI=1S/C31H27N3O8/c1-31(42-28(37)22-15-9-4-10-16-22)25(41-27(36)21-13-7-3-8-14-21)23(19-39-26(35)20-11-5-2-6-12-20)40-29(31)34-18-17-24(32)33-30(34)38/h2-18,23,25,29H,19H2,1H3,(H2,32,33,38)/t23-,25-,29-,31?/m1/s1. The lowest BCUT2D eigenvalue weighted by Gasteiger charge is -2.34. The van der Waals surface area contributed by atoms with E-state index in [9.17, 15) is 19.2 Å². The van der Waals surface area contributed by atoms with E-state index in [0.29, 0.717) is 5.56 Å². The first-order valence-corrected chi connectivity index (χ1v) is 13.0. The molecule has 42 heavy (non-hydrogen) atoms. The number of nitrogen functional groups attached to an aromatic ring is 1. The zero-order chi connectivity index (χ0) is 29.7. The number of carbonyl (C=O) groups excluding carboxylic acids is 3. The van der Waals surface area contributed by atoms with Crippen LogP contribution in [0.2, 0.25) is 0 Å². The van der Waals surface area contributed by atoms with Gasteiger partial charge in [-0.05, 0) is 49.4 Å². The van der Waals surface area contributed by atoms with Gasteiger partial charge in [0.25, 0.3) is 0 Å². The highest BCUT2D eigenvalue weighted by Gasteiger charge is 2.60. The molecule has 1 saturated heterocycles. The first kappa shape index (κ1) is 28.2. The largest absolute Gasteiger partial charge is 0.459 e. The van der Waals surface area contributed by atoms with Gasteiger partial charge in [0.1, 0.15) is 18.5 Å². The van der Waals surface area contributed by atoms with Crippen molar-refractivity contribution in [1.82, 2.24) is 9.55 Å². The molecular weight excluding hydrogens is 542 g/mol. The maximum atomic E-state index is 13.4. The number of esters is 3. The predicted octanol–water partition coefficient (Wildman–Crippen LogP) is 3.42. The number of benzene rings is 3. The third-order valence-electron chi connectivity index (χ3n) is 6.75. The summed E-state index contributed by atoms with van der Waals surface area (Å²) in [6.45, 7) is 1.08.